The molecule has 0 amide bonds. The number of aliphatic carboxylic acids is 1. The zero-order chi connectivity index (χ0) is 7.56. The number of carboxylic acid groups (broad SMARTS) is 1. The number of carbonyl (C=O) groups excluding carboxylic acids is 1. The van der Waals surface area contributed by atoms with Gasteiger partial charge in [-0.25, -0.2) is 4.98 Å². The van der Waals surface area contributed by atoms with Crippen LogP contribution < -0.4 is 34.7 Å². The second kappa shape index (κ2) is 4.66. The summed E-state index contributed by atoms with van der Waals surface area (Å²) >= 11 is 4.57. The summed E-state index contributed by atoms with van der Waals surface area (Å²) in [6.45, 7) is 0. The molecule has 0 spiro atoms. The van der Waals surface area contributed by atoms with Crippen molar-refractivity contribution in [1.82, 2.24) is 15.2 Å². The Hall–Kier alpha value is -0.170. The van der Waals surface area contributed by atoms with Crippen LogP contribution in [0.15, 0.2) is 0 Å². The third-order valence-electron chi connectivity index (χ3n) is 0.862. The molecule has 0 aliphatic rings. The number of aromatic amines is 2. The maximum absolute atomic E-state index is 9.96. The zero-order valence-corrected chi connectivity index (χ0v) is 8.70. The molecule has 0 saturated carbocycles. The standard InChI is InChI=1S/C4H5N3O2S.Na/c8-3(9)1-2-5-4(10)7-6-2;/h1H2,(H,8,9)(H2,5,6,7,10);/q;+1/p-1. The van der Waals surface area contributed by atoms with Gasteiger partial charge in [0.15, 0.2) is 0 Å². The molecule has 0 atom stereocenters. The van der Waals surface area contributed by atoms with E-state index >= 15 is 0 Å². The molecule has 0 aliphatic carbocycles. The SMILES string of the molecule is O=C([O-])Cc1nc(=S)[nH][nH]1.[Na+]. The van der Waals surface area contributed by atoms with Crippen molar-refractivity contribution >= 4 is 18.2 Å². The Morgan fingerprint density at radius 3 is 2.64 bits per heavy atom. The van der Waals surface area contributed by atoms with Crippen molar-refractivity contribution < 1.29 is 39.5 Å². The average Bonchev–Trinajstić information content (AvgIpc) is 2.13. The number of H-pyrrole nitrogens is 2. The van der Waals surface area contributed by atoms with Gasteiger partial charge >= 0.3 is 29.6 Å². The average molecular weight is 181 g/mol. The van der Waals surface area contributed by atoms with Gasteiger partial charge in [0.25, 0.3) is 0 Å². The van der Waals surface area contributed by atoms with E-state index in [2.05, 4.69) is 27.4 Å². The van der Waals surface area contributed by atoms with Crippen molar-refractivity contribution in [2.75, 3.05) is 0 Å². The Morgan fingerprint density at radius 2 is 2.27 bits per heavy atom. The van der Waals surface area contributed by atoms with E-state index in [1.165, 1.54) is 0 Å². The number of rotatable bonds is 2. The molecule has 1 rings (SSSR count). The van der Waals surface area contributed by atoms with Crippen LogP contribution in [-0.2, 0) is 11.2 Å². The summed E-state index contributed by atoms with van der Waals surface area (Å²) in [6.07, 6.45) is -0.243. The van der Waals surface area contributed by atoms with Gasteiger partial charge in [-0.2, -0.15) is 0 Å². The van der Waals surface area contributed by atoms with E-state index in [1.807, 2.05) is 0 Å². The maximum Gasteiger partial charge on any atom is 1.00 e. The first-order valence-corrected chi connectivity index (χ1v) is 2.92. The maximum atomic E-state index is 9.96. The fourth-order valence-electron chi connectivity index (χ4n) is 0.525. The van der Waals surface area contributed by atoms with Gasteiger partial charge in [0.2, 0.25) is 4.77 Å². The van der Waals surface area contributed by atoms with Crippen LogP contribution in [0.25, 0.3) is 0 Å². The number of carboxylic acids is 1. The monoisotopic (exact) mass is 181 g/mol. The van der Waals surface area contributed by atoms with Crippen LogP contribution in [-0.4, -0.2) is 21.2 Å². The van der Waals surface area contributed by atoms with Gasteiger partial charge in [0, 0.05) is 12.4 Å². The largest absolute Gasteiger partial charge is 1.00 e. The molecule has 54 valence electrons. The molecule has 5 nitrogen and oxygen atoms in total. The minimum absolute atomic E-state index is 0. The Morgan fingerprint density at radius 1 is 1.64 bits per heavy atom. The van der Waals surface area contributed by atoms with Gasteiger partial charge in [-0.05, 0) is 12.2 Å². The summed E-state index contributed by atoms with van der Waals surface area (Å²) in [5.41, 5.74) is 0. The molecule has 0 aromatic carbocycles. The fraction of sp³-hybridized carbons (Fsp3) is 0.250. The first-order chi connectivity index (χ1) is 4.68. The van der Waals surface area contributed by atoms with E-state index in [0.717, 1.165) is 0 Å². The van der Waals surface area contributed by atoms with Gasteiger partial charge in [0.05, 0.1) is 0 Å². The molecule has 0 radical (unpaired) electrons. The van der Waals surface area contributed by atoms with Gasteiger partial charge in [-0.3, -0.25) is 10.2 Å². The topological polar surface area (TPSA) is 84.6 Å². The van der Waals surface area contributed by atoms with Crippen LogP contribution >= 0.6 is 12.2 Å². The van der Waals surface area contributed by atoms with Crippen LogP contribution in [0.1, 0.15) is 5.82 Å². The normalized spacial score (nSPS) is 8.73. The third-order valence-corrected chi connectivity index (χ3v) is 1.06. The van der Waals surface area contributed by atoms with E-state index in [-0.39, 0.29) is 46.6 Å². The second-order valence-corrected chi connectivity index (χ2v) is 2.05. The van der Waals surface area contributed by atoms with Crippen LogP contribution in [0.5, 0.6) is 0 Å². The van der Waals surface area contributed by atoms with Gasteiger partial charge in [-0.15, -0.1) is 0 Å². The van der Waals surface area contributed by atoms with Crippen LogP contribution in [0, 0.1) is 4.77 Å². The number of aromatic nitrogens is 3. The minimum Gasteiger partial charge on any atom is -0.550 e. The Labute approximate surface area is 89.5 Å². The van der Waals surface area contributed by atoms with Crippen LogP contribution in [0.3, 0.4) is 0 Å². The smallest absolute Gasteiger partial charge is 0.550 e. The third kappa shape index (κ3) is 3.66. The predicted molar refractivity (Wildman–Crippen MR) is 32.5 cm³/mol. The fourth-order valence-corrected chi connectivity index (χ4v) is 0.686. The van der Waals surface area contributed by atoms with Crippen molar-refractivity contribution in [2.45, 2.75) is 6.42 Å². The molecule has 0 saturated heterocycles. The van der Waals surface area contributed by atoms with Crippen LogP contribution in [0.4, 0.5) is 0 Å². The van der Waals surface area contributed by atoms with E-state index in [9.17, 15) is 9.90 Å². The summed E-state index contributed by atoms with van der Waals surface area (Å²) in [5, 5.41) is 14.9. The first kappa shape index (κ1) is 10.8. The van der Waals surface area contributed by atoms with Crippen molar-refractivity contribution in [2.24, 2.45) is 0 Å². The summed E-state index contributed by atoms with van der Waals surface area (Å²) in [4.78, 5) is 13.6. The molecule has 0 aliphatic heterocycles. The van der Waals surface area contributed by atoms with Gasteiger partial charge < -0.3 is 9.90 Å². The van der Waals surface area contributed by atoms with Crippen molar-refractivity contribution in [1.29, 1.82) is 0 Å². The number of hydrogen-bond acceptors (Lipinski definition) is 4. The molecule has 0 fully saturated rings. The number of nitrogens with zero attached hydrogens (tertiary/aromatic N) is 1. The molecule has 2 N–H and O–H groups in total. The Kier molecular flexibility index (Phi) is 4.58. The van der Waals surface area contributed by atoms with E-state index in [0.29, 0.717) is 0 Å². The van der Waals surface area contributed by atoms with E-state index in [1.54, 1.807) is 0 Å². The summed E-state index contributed by atoms with van der Waals surface area (Å²) in [6, 6.07) is 0. The first-order valence-electron chi connectivity index (χ1n) is 2.52. The Bertz CT molecular complexity index is 294. The van der Waals surface area contributed by atoms with E-state index in [4.69, 9.17) is 0 Å². The second-order valence-electron chi connectivity index (χ2n) is 1.66. The van der Waals surface area contributed by atoms with E-state index < -0.39 is 5.97 Å². The molecule has 1 aromatic heterocycles. The molecule has 0 unspecified atom stereocenters. The quantitative estimate of drug-likeness (QED) is 0.357. The summed E-state index contributed by atoms with van der Waals surface area (Å²) in [5.74, 6) is -0.900. The van der Waals surface area contributed by atoms with Gasteiger partial charge in [0.1, 0.15) is 5.82 Å². The predicted octanol–water partition coefficient (Wildman–Crippen LogP) is -4.24. The number of carbonyl (C=O) groups is 1. The molecular formula is C4H4N3NaO2S. The van der Waals surface area contributed by atoms with Gasteiger partial charge in [-0.1, -0.05) is 0 Å². The molecule has 11 heavy (non-hydrogen) atoms. The number of hydrogen-bond donors (Lipinski definition) is 2. The molecule has 0 bridgehead atoms. The molecule has 1 aromatic rings. The summed E-state index contributed by atoms with van der Waals surface area (Å²) in [7, 11) is 0. The number of nitrogens with one attached hydrogen (secondary N) is 2. The molecular weight excluding hydrogens is 177 g/mol. The zero-order valence-electron chi connectivity index (χ0n) is 5.88. The minimum atomic E-state index is -1.18. The Balaban J connectivity index is 0.000001000. The van der Waals surface area contributed by atoms with Crippen molar-refractivity contribution in [3.05, 3.63) is 10.6 Å². The molecule has 1 heterocycles. The van der Waals surface area contributed by atoms with Crippen molar-refractivity contribution in [3.8, 4) is 0 Å². The summed E-state index contributed by atoms with van der Waals surface area (Å²) < 4.78 is 0.247. The van der Waals surface area contributed by atoms with Crippen LogP contribution in [0.2, 0.25) is 0 Å². The molecule has 7 heteroatoms. The van der Waals surface area contributed by atoms with Crippen molar-refractivity contribution in [3.63, 3.8) is 0 Å².